The molecule has 0 bridgehead atoms. The number of aryl methyl sites for hydroxylation is 1. The second-order valence-electron chi connectivity index (χ2n) is 17.2. The molecular weight excluding hydrogens is 776 g/mol. The Labute approximate surface area is 354 Å². The Morgan fingerprint density at radius 1 is 0.934 bits per heavy atom. The monoisotopic (exact) mass is 826 g/mol. The number of likely N-dealkylation sites (tertiary alicyclic amines) is 1. The third-order valence-corrected chi connectivity index (χ3v) is 13.1. The first-order chi connectivity index (χ1) is 29.7. The van der Waals surface area contributed by atoms with Crippen LogP contribution in [-0.2, 0) is 16.6 Å². The molecule has 3 aromatic carbocycles. The molecule has 3 saturated heterocycles. The topological polar surface area (TPSA) is 155 Å². The van der Waals surface area contributed by atoms with Crippen molar-refractivity contribution < 1.29 is 28.2 Å². The van der Waals surface area contributed by atoms with Gasteiger partial charge in [0.15, 0.2) is 11.6 Å². The Kier molecular flexibility index (Phi) is 11.6. The number of carbonyl (C=O) groups excluding carboxylic acids is 3. The number of halogens is 1. The molecule has 0 radical (unpaired) electrons. The van der Waals surface area contributed by atoms with Crippen molar-refractivity contribution in [3.63, 3.8) is 0 Å². The van der Waals surface area contributed by atoms with Gasteiger partial charge in [-0.3, -0.25) is 29.4 Å². The van der Waals surface area contributed by atoms with Crippen LogP contribution in [0.5, 0.6) is 11.5 Å². The first-order valence-corrected chi connectivity index (χ1v) is 21.6. The second-order valence-corrected chi connectivity index (χ2v) is 17.2. The minimum absolute atomic E-state index is 0.0403. The summed E-state index contributed by atoms with van der Waals surface area (Å²) in [5.41, 5.74) is 3.91. The quantitative estimate of drug-likeness (QED) is 0.143. The Bertz CT molecular complexity index is 2490. The molecule has 3 amide bonds. The van der Waals surface area contributed by atoms with Crippen molar-refractivity contribution in [2.45, 2.75) is 75.9 Å². The Morgan fingerprint density at radius 3 is 2.48 bits per heavy atom. The van der Waals surface area contributed by atoms with Gasteiger partial charge in [0.25, 0.3) is 5.91 Å². The lowest BCUT2D eigenvalue weighted by atomic mass is 9.92. The van der Waals surface area contributed by atoms with Crippen LogP contribution in [0.4, 0.5) is 10.1 Å². The molecule has 1 saturated carbocycles. The minimum Gasteiger partial charge on any atom is -0.490 e. The third-order valence-electron chi connectivity index (χ3n) is 13.1. The summed E-state index contributed by atoms with van der Waals surface area (Å²) in [5, 5.41) is 20.7. The molecule has 1 unspecified atom stereocenters. The van der Waals surface area contributed by atoms with Gasteiger partial charge in [0.2, 0.25) is 11.8 Å². The summed E-state index contributed by atoms with van der Waals surface area (Å²) in [6.45, 7) is 5.27. The van der Waals surface area contributed by atoms with Crippen molar-refractivity contribution in [1.82, 2.24) is 30.3 Å². The van der Waals surface area contributed by atoms with Gasteiger partial charge in [0.05, 0.1) is 46.3 Å². The predicted molar refractivity (Wildman–Crippen MR) is 228 cm³/mol. The largest absolute Gasteiger partial charge is 0.490 e. The number of rotatable bonds is 11. The average Bonchev–Trinajstić information content (AvgIpc) is 3.87. The van der Waals surface area contributed by atoms with Gasteiger partial charge in [-0.15, -0.1) is 0 Å². The number of amides is 3. The number of ether oxygens (including phenoxy) is 2. The van der Waals surface area contributed by atoms with Gasteiger partial charge in [-0.05, 0) is 124 Å². The van der Waals surface area contributed by atoms with E-state index in [-0.39, 0.29) is 47.4 Å². The summed E-state index contributed by atoms with van der Waals surface area (Å²) >= 11 is 0. The number of carbonyl (C=O) groups is 3. The van der Waals surface area contributed by atoms with E-state index in [9.17, 15) is 19.6 Å². The molecule has 316 valence electrons. The molecular formula is C47H51FN8O5. The van der Waals surface area contributed by atoms with Crippen LogP contribution in [0.1, 0.15) is 85.3 Å². The van der Waals surface area contributed by atoms with E-state index in [0.717, 1.165) is 94.5 Å². The number of nitriles is 1. The summed E-state index contributed by atoms with van der Waals surface area (Å²) in [7, 11) is 1.72. The summed E-state index contributed by atoms with van der Waals surface area (Å²) in [4.78, 5) is 46.8. The average molecular weight is 827 g/mol. The fraction of sp³-hybridized carbons (Fsp3) is 0.447. The maximum absolute atomic E-state index is 15.9. The van der Waals surface area contributed by atoms with Crippen LogP contribution in [0.3, 0.4) is 0 Å². The van der Waals surface area contributed by atoms with Crippen LogP contribution in [0.15, 0.2) is 66.9 Å². The van der Waals surface area contributed by atoms with Crippen LogP contribution in [0.25, 0.3) is 21.8 Å². The Hall–Kier alpha value is -6.07. The molecule has 4 fully saturated rings. The highest BCUT2D eigenvalue weighted by molar-refractivity contribution is 6.02. The van der Waals surface area contributed by atoms with Crippen molar-refractivity contribution >= 4 is 45.2 Å². The van der Waals surface area contributed by atoms with Crippen molar-refractivity contribution in [1.29, 1.82) is 5.26 Å². The predicted octanol–water partition coefficient (Wildman–Crippen LogP) is 6.39. The molecule has 14 heteroatoms. The zero-order valence-electron chi connectivity index (χ0n) is 34.4. The maximum atomic E-state index is 15.9. The number of nitrogens with zero attached hydrogens (tertiary/aromatic N) is 6. The van der Waals surface area contributed by atoms with Gasteiger partial charge in [-0.25, -0.2) is 4.39 Å². The van der Waals surface area contributed by atoms with Crippen molar-refractivity contribution in [3.05, 3.63) is 89.5 Å². The van der Waals surface area contributed by atoms with Gasteiger partial charge in [0, 0.05) is 74.4 Å². The van der Waals surface area contributed by atoms with E-state index in [0.29, 0.717) is 46.8 Å². The molecule has 4 aliphatic rings. The number of fused-ring (bicyclic) bond motifs is 2. The van der Waals surface area contributed by atoms with E-state index in [1.165, 1.54) is 0 Å². The van der Waals surface area contributed by atoms with E-state index in [1.807, 2.05) is 30.3 Å². The molecule has 2 N–H and O–H groups in total. The normalized spacial score (nSPS) is 22.6. The standard InChI is InChI=1S/C47H51FN8O5/c1-54-38-14-16-40(43(48)42(38)45(53-54)37-13-17-41(57)52-47(37)59)60-28-30-18-22-55(27-30)26-29-19-23-56(24-20-29)34-9-4-31(5-10-34)46(58)51-33-7-11-35(12-8-33)61-39-15-6-32(25-49)44-36(39)3-2-21-50-44/h2-6,9-10,14-16,21,29-30,33,35,37H,7-8,11-13,17-20,22-24,26-28H2,1H3,(H,51,58)(H,52,57,59)/t30-,33?,35?,37?/m1/s1. The first-order valence-electron chi connectivity index (χ1n) is 21.6. The van der Waals surface area contributed by atoms with Crippen molar-refractivity contribution in [2.75, 3.05) is 44.2 Å². The Balaban J connectivity index is 0.703. The van der Waals surface area contributed by atoms with Crippen LogP contribution in [0, 0.1) is 29.0 Å². The SMILES string of the molecule is Cn1nc(C2CCC(=O)NC2=O)c2c(F)c(OC[C@@H]3CCN(CC4CCN(c5ccc(C(=O)NC6CCC(Oc7ccc(C#N)c8ncccc78)CC6)cc5)CC4)C3)ccc21. The van der Waals surface area contributed by atoms with Crippen LogP contribution < -0.4 is 25.0 Å². The van der Waals surface area contributed by atoms with E-state index in [2.05, 4.69) is 48.7 Å². The maximum Gasteiger partial charge on any atom is 0.251 e. The number of hydrogen-bond acceptors (Lipinski definition) is 10. The zero-order chi connectivity index (χ0) is 42.0. The molecule has 3 aliphatic heterocycles. The highest BCUT2D eigenvalue weighted by atomic mass is 19.1. The van der Waals surface area contributed by atoms with Crippen LogP contribution >= 0.6 is 0 Å². The zero-order valence-corrected chi connectivity index (χ0v) is 34.4. The number of aromatic nitrogens is 3. The first kappa shape index (κ1) is 40.3. The highest BCUT2D eigenvalue weighted by Gasteiger charge is 2.34. The number of benzene rings is 3. The van der Waals surface area contributed by atoms with E-state index < -0.39 is 17.6 Å². The summed E-state index contributed by atoms with van der Waals surface area (Å²) in [6, 6.07) is 21.1. The van der Waals surface area contributed by atoms with E-state index >= 15 is 4.39 Å². The fourth-order valence-electron chi connectivity index (χ4n) is 9.73. The van der Waals surface area contributed by atoms with Gasteiger partial charge in [0.1, 0.15) is 11.8 Å². The number of anilines is 1. The van der Waals surface area contributed by atoms with Gasteiger partial charge >= 0.3 is 0 Å². The summed E-state index contributed by atoms with van der Waals surface area (Å²) < 4.78 is 30.0. The molecule has 5 aromatic rings. The Morgan fingerprint density at radius 2 is 1.70 bits per heavy atom. The summed E-state index contributed by atoms with van der Waals surface area (Å²) in [6.07, 6.45) is 8.73. The molecule has 61 heavy (non-hydrogen) atoms. The number of nitrogens with one attached hydrogen (secondary N) is 2. The number of pyridine rings is 1. The number of hydrogen-bond donors (Lipinski definition) is 2. The number of imide groups is 1. The molecule has 9 rings (SSSR count). The third kappa shape index (κ3) is 8.61. The van der Waals surface area contributed by atoms with Crippen molar-refractivity contribution in [3.8, 4) is 17.6 Å². The van der Waals surface area contributed by atoms with Gasteiger partial charge in [-0.2, -0.15) is 10.4 Å². The van der Waals surface area contributed by atoms with Crippen LogP contribution in [0.2, 0.25) is 0 Å². The molecule has 5 heterocycles. The van der Waals surface area contributed by atoms with Crippen LogP contribution in [-0.4, -0.2) is 88.9 Å². The molecule has 1 aliphatic carbocycles. The highest BCUT2D eigenvalue weighted by Crippen LogP contribution is 2.36. The second kappa shape index (κ2) is 17.5. The minimum atomic E-state index is -0.687. The molecule has 0 spiro atoms. The smallest absolute Gasteiger partial charge is 0.251 e. The summed E-state index contributed by atoms with van der Waals surface area (Å²) in [5.74, 6) is -0.228. The molecule has 13 nitrogen and oxygen atoms in total. The van der Waals surface area contributed by atoms with Gasteiger partial charge < -0.3 is 24.6 Å². The van der Waals surface area contributed by atoms with Gasteiger partial charge in [-0.1, -0.05) is 0 Å². The lowest BCUT2D eigenvalue weighted by molar-refractivity contribution is -0.134. The van der Waals surface area contributed by atoms with E-state index in [1.54, 1.807) is 36.1 Å². The van der Waals surface area contributed by atoms with E-state index in [4.69, 9.17) is 9.47 Å². The van der Waals surface area contributed by atoms with Crippen molar-refractivity contribution in [2.24, 2.45) is 18.9 Å². The lowest BCUT2D eigenvalue weighted by Gasteiger charge is -2.35. The molecule has 2 atom stereocenters. The lowest BCUT2D eigenvalue weighted by Crippen LogP contribution is -2.40. The number of piperidine rings is 2. The molecule has 2 aromatic heterocycles. The fourth-order valence-corrected chi connectivity index (χ4v) is 9.73.